The molecule has 122 valence electrons. The van der Waals surface area contributed by atoms with E-state index in [1.165, 1.54) is 45.3 Å². The zero-order valence-electron chi connectivity index (χ0n) is 14.1. The van der Waals surface area contributed by atoms with Gasteiger partial charge in [-0.05, 0) is 70.6 Å². The Balaban J connectivity index is 1.63. The smallest absolute Gasteiger partial charge is 0.234 e. The number of likely N-dealkylation sites (tertiary alicyclic amines) is 2. The maximum atomic E-state index is 12.0. The normalized spacial score (nSPS) is 23.6. The highest BCUT2D eigenvalue weighted by atomic mass is 16.2. The molecule has 1 amide bonds. The maximum Gasteiger partial charge on any atom is 0.234 e. The van der Waals surface area contributed by atoms with E-state index in [1.807, 2.05) is 0 Å². The topological polar surface area (TPSA) is 35.6 Å². The fourth-order valence-corrected chi connectivity index (χ4v) is 3.33. The van der Waals surface area contributed by atoms with Crippen molar-refractivity contribution in [3.8, 4) is 0 Å². The molecule has 2 aliphatic rings. The van der Waals surface area contributed by atoms with Gasteiger partial charge in [-0.2, -0.15) is 0 Å². The van der Waals surface area contributed by atoms with E-state index in [-0.39, 0.29) is 11.9 Å². The third kappa shape index (κ3) is 5.59. The van der Waals surface area contributed by atoms with Crippen molar-refractivity contribution in [3.05, 3.63) is 0 Å². The van der Waals surface area contributed by atoms with Gasteiger partial charge in [0.15, 0.2) is 0 Å². The summed E-state index contributed by atoms with van der Waals surface area (Å²) in [7, 11) is 0. The van der Waals surface area contributed by atoms with Gasteiger partial charge in [0.25, 0.3) is 0 Å². The molecule has 1 atom stereocenters. The molecule has 2 fully saturated rings. The van der Waals surface area contributed by atoms with Crippen molar-refractivity contribution < 1.29 is 4.79 Å². The molecule has 0 bridgehead atoms. The van der Waals surface area contributed by atoms with Gasteiger partial charge in [0.1, 0.15) is 0 Å². The van der Waals surface area contributed by atoms with Crippen LogP contribution in [0.3, 0.4) is 0 Å². The molecule has 0 aliphatic carbocycles. The standard InChI is InChI=1S/C17H33N3O/c1-14(2)15(3)18-17(21)13-20-10-6-16(7-11-20)12-19-8-4-5-9-19/h14-16H,4-13H2,1-3H3,(H,18,21)/t15-/m0/s1. The third-order valence-corrected chi connectivity index (χ3v) is 5.18. The van der Waals surface area contributed by atoms with Gasteiger partial charge in [0.05, 0.1) is 6.54 Å². The lowest BCUT2D eigenvalue weighted by Gasteiger charge is -2.33. The molecule has 0 aromatic carbocycles. The number of carbonyl (C=O) groups excluding carboxylic acids is 1. The Bertz CT molecular complexity index is 318. The molecule has 0 spiro atoms. The van der Waals surface area contributed by atoms with E-state index in [2.05, 4.69) is 35.9 Å². The number of carbonyl (C=O) groups is 1. The van der Waals surface area contributed by atoms with Crippen LogP contribution < -0.4 is 5.32 Å². The Kier molecular flexibility index (Phi) is 6.49. The summed E-state index contributed by atoms with van der Waals surface area (Å²) in [5, 5.41) is 3.11. The first-order chi connectivity index (χ1) is 10.0. The zero-order valence-corrected chi connectivity index (χ0v) is 14.1. The van der Waals surface area contributed by atoms with Crippen LogP contribution in [0.2, 0.25) is 0 Å². The van der Waals surface area contributed by atoms with Gasteiger partial charge in [-0.15, -0.1) is 0 Å². The van der Waals surface area contributed by atoms with Crippen LogP contribution in [-0.2, 0) is 4.79 Å². The molecule has 2 saturated heterocycles. The second kappa shape index (κ2) is 8.14. The van der Waals surface area contributed by atoms with Gasteiger partial charge >= 0.3 is 0 Å². The van der Waals surface area contributed by atoms with Crippen LogP contribution >= 0.6 is 0 Å². The highest BCUT2D eigenvalue weighted by Crippen LogP contribution is 2.20. The Labute approximate surface area is 130 Å². The predicted molar refractivity (Wildman–Crippen MR) is 87.3 cm³/mol. The first-order valence-corrected chi connectivity index (χ1v) is 8.78. The molecule has 4 nitrogen and oxygen atoms in total. The van der Waals surface area contributed by atoms with Gasteiger partial charge in [0, 0.05) is 12.6 Å². The average Bonchev–Trinajstić information content (AvgIpc) is 2.93. The molecular formula is C17H33N3O. The van der Waals surface area contributed by atoms with Crippen molar-refractivity contribution in [3.63, 3.8) is 0 Å². The van der Waals surface area contributed by atoms with Gasteiger partial charge in [0.2, 0.25) is 5.91 Å². The van der Waals surface area contributed by atoms with E-state index >= 15 is 0 Å². The summed E-state index contributed by atoms with van der Waals surface area (Å²) in [6.07, 6.45) is 5.27. The third-order valence-electron chi connectivity index (χ3n) is 5.18. The molecular weight excluding hydrogens is 262 g/mol. The number of nitrogens with one attached hydrogen (secondary N) is 1. The molecule has 0 aromatic rings. The number of piperidine rings is 1. The quantitative estimate of drug-likeness (QED) is 0.813. The SMILES string of the molecule is CC(C)[C@H](C)NC(=O)CN1CCC(CN2CCCC2)CC1. The summed E-state index contributed by atoms with van der Waals surface area (Å²) in [5.41, 5.74) is 0. The summed E-state index contributed by atoms with van der Waals surface area (Å²) in [5.74, 6) is 1.53. The first-order valence-electron chi connectivity index (χ1n) is 8.78. The van der Waals surface area contributed by atoms with Crippen molar-refractivity contribution in [1.82, 2.24) is 15.1 Å². The molecule has 4 heteroatoms. The number of hydrogen-bond donors (Lipinski definition) is 1. The van der Waals surface area contributed by atoms with E-state index in [1.54, 1.807) is 0 Å². The molecule has 0 aromatic heterocycles. The van der Waals surface area contributed by atoms with Gasteiger partial charge in [-0.25, -0.2) is 0 Å². The minimum Gasteiger partial charge on any atom is -0.352 e. The lowest BCUT2D eigenvalue weighted by molar-refractivity contribution is -0.123. The lowest BCUT2D eigenvalue weighted by Crippen LogP contribution is -2.46. The Morgan fingerprint density at radius 2 is 1.67 bits per heavy atom. The Morgan fingerprint density at radius 3 is 2.24 bits per heavy atom. The van der Waals surface area contributed by atoms with Gasteiger partial charge in [-0.1, -0.05) is 13.8 Å². The van der Waals surface area contributed by atoms with Crippen LogP contribution in [0.25, 0.3) is 0 Å². The van der Waals surface area contributed by atoms with Crippen molar-refractivity contribution in [2.24, 2.45) is 11.8 Å². The molecule has 1 N–H and O–H groups in total. The average molecular weight is 295 g/mol. The maximum absolute atomic E-state index is 12.0. The van der Waals surface area contributed by atoms with Crippen LogP contribution in [0.5, 0.6) is 0 Å². The lowest BCUT2D eigenvalue weighted by atomic mass is 9.96. The molecule has 2 aliphatic heterocycles. The van der Waals surface area contributed by atoms with E-state index in [0.717, 1.165) is 19.0 Å². The summed E-state index contributed by atoms with van der Waals surface area (Å²) < 4.78 is 0. The minimum atomic E-state index is 0.189. The fourth-order valence-electron chi connectivity index (χ4n) is 3.33. The van der Waals surface area contributed by atoms with Gasteiger partial charge < -0.3 is 10.2 Å². The predicted octanol–water partition coefficient (Wildman–Crippen LogP) is 1.95. The van der Waals surface area contributed by atoms with Crippen molar-refractivity contribution >= 4 is 5.91 Å². The fraction of sp³-hybridized carbons (Fsp3) is 0.941. The molecule has 2 heterocycles. The number of amides is 1. The summed E-state index contributed by atoms with van der Waals surface area (Å²) in [6, 6.07) is 0.269. The Morgan fingerprint density at radius 1 is 1.05 bits per heavy atom. The van der Waals surface area contributed by atoms with E-state index in [0.29, 0.717) is 12.5 Å². The highest BCUT2D eigenvalue weighted by Gasteiger charge is 2.24. The summed E-state index contributed by atoms with van der Waals surface area (Å²) >= 11 is 0. The van der Waals surface area contributed by atoms with Crippen molar-refractivity contribution in [1.29, 1.82) is 0 Å². The van der Waals surface area contributed by atoms with Crippen LogP contribution in [0.4, 0.5) is 0 Å². The first kappa shape index (κ1) is 16.8. The molecule has 0 radical (unpaired) electrons. The largest absolute Gasteiger partial charge is 0.352 e. The van der Waals surface area contributed by atoms with E-state index in [4.69, 9.17) is 0 Å². The Hall–Kier alpha value is -0.610. The van der Waals surface area contributed by atoms with Crippen LogP contribution in [-0.4, -0.2) is 61.0 Å². The van der Waals surface area contributed by atoms with Crippen LogP contribution in [0, 0.1) is 11.8 Å². The second-order valence-corrected chi connectivity index (χ2v) is 7.33. The van der Waals surface area contributed by atoms with Crippen molar-refractivity contribution in [2.45, 2.75) is 52.5 Å². The molecule has 0 saturated carbocycles. The number of hydrogen-bond acceptors (Lipinski definition) is 3. The van der Waals surface area contributed by atoms with Crippen molar-refractivity contribution in [2.75, 3.05) is 39.3 Å². The van der Waals surface area contributed by atoms with E-state index in [9.17, 15) is 4.79 Å². The minimum absolute atomic E-state index is 0.189. The number of nitrogens with zero attached hydrogens (tertiary/aromatic N) is 2. The summed E-state index contributed by atoms with van der Waals surface area (Å²) in [4.78, 5) is 17.0. The highest BCUT2D eigenvalue weighted by molar-refractivity contribution is 5.78. The monoisotopic (exact) mass is 295 g/mol. The zero-order chi connectivity index (χ0) is 15.2. The molecule has 21 heavy (non-hydrogen) atoms. The molecule has 0 unspecified atom stereocenters. The number of rotatable bonds is 6. The summed E-state index contributed by atoms with van der Waals surface area (Å²) in [6.45, 7) is 13.0. The van der Waals surface area contributed by atoms with E-state index < -0.39 is 0 Å². The van der Waals surface area contributed by atoms with Gasteiger partial charge in [-0.3, -0.25) is 9.69 Å². The second-order valence-electron chi connectivity index (χ2n) is 7.33. The molecule has 2 rings (SSSR count). The van der Waals surface area contributed by atoms with Crippen LogP contribution in [0.1, 0.15) is 46.5 Å². The van der Waals surface area contributed by atoms with Crippen LogP contribution in [0.15, 0.2) is 0 Å².